The number of fused-ring (bicyclic) bond motifs is 1. The Morgan fingerprint density at radius 1 is 0.872 bits per heavy atom. The fourth-order valence-corrected chi connectivity index (χ4v) is 7.79. The minimum absolute atomic E-state index is 0.164. The van der Waals surface area contributed by atoms with Gasteiger partial charge in [0, 0.05) is 18.8 Å². The van der Waals surface area contributed by atoms with Gasteiger partial charge in [0.2, 0.25) is 11.8 Å². The van der Waals surface area contributed by atoms with Crippen LogP contribution in [0.15, 0.2) is 91.0 Å². The third-order valence-corrected chi connectivity index (χ3v) is 9.76. The molecule has 3 aromatic rings. The number of β-lactam (4-membered cyclic amide) rings is 1. The smallest absolute Gasteiger partial charge is 0.330 e. The molecule has 0 bridgehead atoms. The van der Waals surface area contributed by atoms with E-state index in [1.165, 1.54) is 0 Å². The molecule has 0 saturated carbocycles. The van der Waals surface area contributed by atoms with Crippen LogP contribution in [0.4, 0.5) is 5.69 Å². The highest BCUT2D eigenvalue weighted by molar-refractivity contribution is 8.01. The fourth-order valence-electron chi connectivity index (χ4n) is 5.89. The average Bonchev–Trinajstić information content (AvgIpc) is 3.27. The van der Waals surface area contributed by atoms with Gasteiger partial charge in [-0.05, 0) is 36.1 Å². The number of piperidine rings is 1. The molecule has 0 radical (unpaired) electrons. The Bertz CT molecular complexity index is 1330. The van der Waals surface area contributed by atoms with E-state index in [1.807, 2.05) is 78.9 Å². The van der Waals surface area contributed by atoms with Gasteiger partial charge in [-0.3, -0.25) is 9.59 Å². The molecule has 0 aliphatic carbocycles. The van der Waals surface area contributed by atoms with E-state index in [1.54, 1.807) is 16.7 Å². The van der Waals surface area contributed by atoms with Crippen molar-refractivity contribution in [2.45, 2.75) is 48.1 Å². The van der Waals surface area contributed by atoms with Crippen LogP contribution in [0, 0.1) is 0 Å². The lowest BCUT2D eigenvalue weighted by molar-refractivity contribution is -0.165. The minimum Gasteiger partial charge on any atom is -0.459 e. The van der Waals surface area contributed by atoms with Crippen molar-refractivity contribution in [1.82, 2.24) is 10.2 Å². The van der Waals surface area contributed by atoms with E-state index in [4.69, 9.17) is 4.74 Å². The zero-order chi connectivity index (χ0) is 26.8. The molecule has 8 heteroatoms. The molecule has 0 aromatic heterocycles. The van der Waals surface area contributed by atoms with Crippen molar-refractivity contribution in [2.75, 3.05) is 18.0 Å². The second-order valence-corrected chi connectivity index (χ2v) is 11.9. The van der Waals surface area contributed by atoms with Gasteiger partial charge in [-0.2, -0.15) is 0 Å². The van der Waals surface area contributed by atoms with Crippen LogP contribution in [-0.4, -0.2) is 58.0 Å². The van der Waals surface area contributed by atoms with Gasteiger partial charge in [0.05, 0.1) is 11.2 Å². The van der Waals surface area contributed by atoms with Crippen LogP contribution < -0.4 is 10.2 Å². The molecule has 3 aliphatic heterocycles. The van der Waals surface area contributed by atoms with Crippen molar-refractivity contribution < 1.29 is 19.1 Å². The van der Waals surface area contributed by atoms with E-state index < -0.39 is 16.8 Å². The number of thioether (sulfide) groups is 1. The molecule has 39 heavy (non-hydrogen) atoms. The second-order valence-electron chi connectivity index (χ2n) is 10.3. The molecule has 3 saturated heterocycles. The molecule has 3 aliphatic rings. The first-order valence-electron chi connectivity index (χ1n) is 13.4. The first-order valence-corrected chi connectivity index (χ1v) is 14.3. The number of hydrogen-bond donors (Lipinski definition) is 1. The van der Waals surface area contributed by atoms with Crippen LogP contribution in [0.25, 0.3) is 0 Å². The van der Waals surface area contributed by atoms with E-state index in [-0.39, 0.29) is 36.2 Å². The summed E-state index contributed by atoms with van der Waals surface area (Å²) in [6, 6.07) is 28.0. The molecule has 3 atom stereocenters. The molecular weight excluding hydrogens is 510 g/mol. The number of rotatable bonds is 7. The molecule has 1 spiro atoms. The number of ether oxygens (including phenoxy) is 1. The first-order chi connectivity index (χ1) is 19.0. The van der Waals surface area contributed by atoms with E-state index in [0.717, 1.165) is 42.7 Å². The van der Waals surface area contributed by atoms with Gasteiger partial charge in [-0.25, -0.2) is 4.79 Å². The molecule has 3 fully saturated rings. The number of carbonyl (C=O) groups is 3. The maximum Gasteiger partial charge on any atom is 0.330 e. The molecule has 2 amide bonds. The molecule has 200 valence electrons. The van der Waals surface area contributed by atoms with E-state index in [2.05, 4.69) is 22.3 Å². The Hall–Kier alpha value is -3.78. The number of nitrogens with zero attached hydrogens (tertiary/aromatic N) is 2. The number of hydrogen-bond acceptors (Lipinski definition) is 6. The molecule has 3 aromatic carbocycles. The van der Waals surface area contributed by atoms with Crippen LogP contribution in [0.1, 0.15) is 24.0 Å². The van der Waals surface area contributed by atoms with Crippen LogP contribution >= 0.6 is 11.8 Å². The van der Waals surface area contributed by atoms with Gasteiger partial charge in [-0.1, -0.05) is 78.9 Å². The molecular formula is C31H31N3O4S. The number of benzene rings is 3. The maximum absolute atomic E-state index is 13.6. The Morgan fingerprint density at radius 3 is 2.10 bits per heavy atom. The highest BCUT2D eigenvalue weighted by Gasteiger charge is 2.67. The summed E-state index contributed by atoms with van der Waals surface area (Å²) in [6.07, 6.45) is 1.69. The molecule has 6 rings (SSSR count). The van der Waals surface area contributed by atoms with Crippen molar-refractivity contribution in [3.63, 3.8) is 0 Å². The Balaban J connectivity index is 1.19. The summed E-state index contributed by atoms with van der Waals surface area (Å²) in [5, 5.41) is 2.66. The monoisotopic (exact) mass is 541 g/mol. The van der Waals surface area contributed by atoms with Gasteiger partial charge in [0.15, 0.2) is 0 Å². The van der Waals surface area contributed by atoms with Gasteiger partial charge in [0.25, 0.3) is 0 Å². The SMILES string of the molecule is O=C(Cc1ccccc1)NC1C(=O)N2C(C(=O)OCc3ccccc3)C3(CCN(c4ccccc4)CC3)S[C@H]12. The summed E-state index contributed by atoms with van der Waals surface area (Å²) < 4.78 is 5.34. The summed E-state index contributed by atoms with van der Waals surface area (Å²) in [4.78, 5) is 43.8. The zero-order valence-corrected chi connectivity index (χ0v) is 22.4. The average molecular weight is 542 g/mol. The van der Waals surface area contributed by atoms with Gasteiger partial charge in [0.1, 0.15) is 24.1 Å². The normalized spacial score (nSPS) is 23.2. The van der Waals surface area contributed by atoms with Crippen LogP contribution in [0.5, 0.6) is 0 Å². The number of amides is 2. The van der Waals surface area contributed by atoms with Gasteiger partial charge >= 0.3 is 5.97 Å². The lowest BCUT2D eigenvalue weighted by Crippen LogP contribution is -2.71. The van der Waals surface area contributed by atoms with Gasteiger partial charge in [-0.15, -0.1) is 11.8 Å². The summed E-state index contributed by atoms with van der Waals surface area (Å²) in [5.74, 6) is -0.773. The van der Waals surface area contributed by atoms with Crippen molar-refractivity contribution in [3.05, 3.63) is 102 Å². The largest absolute Gasteiger partial charge is 0.459 e. The summed E-state index contributed by atoms with van der Waals surface area (Å²) >= 11 is 1.66. The van der Waals surface area contributed by atoms with E-state index >= 15 is 0 Å². The van der Waals surface area contributed by atoms with Gasteiger partial charge < -0.3 is 19.9 Å². The zero-order valence-electron chi connectivity index (χ0n) is 21.6. The van der Waals surface area contributed by atoms with Crippen molar-refractivity contribution in [3.8, 4) is 0 Å². The summed E-state index contributed by atoms with van der Waals surface area (Å²) in [5.41, 5.74) is 2.95. The standard InChI is InChI=1S/C31H31N3O4S/c35-25(20-22-10-4-1-5-11-22)32-26-28(36)34-27(30(37)38-21-23-12-6-2-7-13-23)31(39-29(26)34)16-18-33(19-17-31)24-14-8-3-9-15-24/h1-15,26-27,29H,16-21H2,(H,32,35)/t26?,27?,29-/m1/s1. The molecule has 7 nitrogen and oxygen atoms in total. The molecule has 2 unspecified atom stereocenters. The van der Waals surface area contributed by atoms with E-state index in [0.29, 0.717) is 0 Å². The lowest BCUT2D eigenvalue weighted by atomic mass is 9.85. The fraction of sp³-hybridized carbons (Fsp3) is 0.323. The Kier molecular flexibility index (Phi) is 7.04. The van der Waals surface area contributed by atoms with E-state index in [9.17, 15) is 14.4 Å². The van der Waals surface area contributed by atoms with Crippen molar-refractivity contribution in [1.29, 1.82) is 0 Å². The summed E-state index contributed by atoms with van der Waals surface area (Å²) in [7, 11) is 0. The quantitative estimate of drug-likeness (QED) is 0.362. The number of nitrogens with one attached hydrogen (secondary N) is 1. The summed E-state index contributed by atoms with van der Waals surface area (Å²) in [6.45, 7) is 1.72. The third kappa shape index (κ3) is 5.01. The minimum atomic E-state index is -0.677. The number of anilines is 1. The topological polar surface area (TPSA) is 79.0 Å². The van der Waals surface area contributed by atoms with Crippen molar-refractivity contribution >= 4 is 35.2 Å². The highest BCUT2D eigenvalue weighted by atomic mass is 32.2. The third-order valence-electron chi connectivity index (χ3n) is 7.91. The second kappa shape index (κ2) is 10.8. The number of carbonyl (C=O) groups excluding carboxylic acids is 3. The Morgan fingerprint density at radius 2 is 1.46 bits per heavy atom. The van der Waals surface area contributed by atoms with Crippen molar-refractivity contribution in [2.24, 2.45) is 0 Å². The van der Waals surface area contributed by atoms with Crippen LogP contribution in [0.3, 0.4) is 0 Å². The molecule has 3 heterocycles. The Labute approximate surface area is 232 Å². The highest BCUT2D eigenvalue weighted by Crippen LogP contribution is 2.56. The van der Waals surface area contributed by atoms with Crippen LogP contribution in [0.2, 0.25) is 0 Å². The number of para-hydroxylation sites is 1. The first kappa shape index (κ1) is 25.5. The molecule has 1 N–H and O–H groups in total. The number of esters is 1. The maximum atomic E-state index is 13.6. The predicted octanol–water partition coefficient (Wildman–Crippen LogP) is 3.78. The lowest BCUT2D eigenvalue weighted by Gasteiger charge is -2.45. The van der Waals surface area contributed by atoms with Crippen LogP contribution in [-0.2, 0) is 32.1 Å². The predicted molar refractivity (Wildman–Crippen MR) is 151 cm³/mol.